The van der Waals surface area contributed by atoms with Gasteiger partial charge in [0, 0.05) is 54.6 Å². The molecule has 0 unspecified atom stereocenters. The quantitative estimate of drug-likeness (QED) is 0.190. The number of hydrogen-bond donors (Lipinski definition) is 1. The van der Waals surface area contributed by atoms with Crippen molar-refractivity contribution in [3.05, 3.63) is 208 Å². The summed E-state index contributed by atoms with van der Waals surface area (Å²) in [5.41, 5.74) is 15.7. The molecule has 8 aromatic rings. The fraction of sp³-hybridized carbons (Fsp3) is 0. The third-order valence-electron chi connectivity index (χ3n) is 10.2. The normalized spacial score (nSPS) is 12.1. The van der Waals surface area contributed by atoms with Gasteiger partial charge < -0.3 is 9.55 Å². The number of halogens is 2. The zero-order valence-electron chi connectivity index (χ0n) is 30.0. The minimum atomic E-state index is 0.549. The fourth-order valence-corrected chi connectivity index (χ4v) is 8.41. The largest absolute Gasteiger partial charge is 0.355 e. The number of hydrogen-bond acceptors (Lipinski definition) is 2. The highest BCUT2D eigenvalue weighted by Gasteiger charge is 2.29. The molecule has 1 N–H and O–H groups in total. The minimum Gasteiger partial charge on any atom is -0.355 e. The van der Waals surface area contributed by atoms with Crippen LogP contribution >= 0.6 is 23.2 Å². The van der Waals surface area contributed by atoms with Crippen molar-refractivity contribution in [3.8, 4) is 39.1 Å². The Kier molecular flexibility index (Phi) is 8.56. The van der Waals surface area contributed by atoms with Crippen molar-refractivity contribution in [3.63, 3.8) is 0 Å². The van der Waals surface area contributed by atoms with Crippen LogP contribution in [0.2, 0.25) is 10.0 Å². The van der Waals surface area contributed by atoms with E-state index in [1.54, 1.807) is 0 Å². The molecule has 6 heteroatoms. The second-order valence-corrected chi connectivity index (χ2v) is 14.6. The van der Waals surface area contributed by atoms with Gasteiger partial charge in [-0.15, -0.1) is 0 Å². The molecule has 2 aliphatic heterocycles. The van der Waals surface area contributed by atoms with Gasteiger partial charge in [-0.3, -0.25) is 0 Å². The van der Waals surface area contributed by atoms with E-state index in [0.717, 1.165) is 95.0 Å². The summed E-state index contributed by atoms with van der Waals surface area (Å²) in [6.45, 7) is 0. The van der Waals surface area contributed by atoms with Gasteiger partial charge in [-0.25, -0.2) is 9.97 Å². The van der Waals surface area contributed by atoms with E-state index >= 15 is 0 Å². The van der Waals surface area contributed by atoms with Crippen molar-refractivity contribution >= 4 is 69.1 Å². The average Bonchev–Trinajstić information content (AvgIpc) is 4.04. The van der Waals surface area contributed by atoms with E-state index in [1.807, 2.05) is 42.5 Å². The predicted octanol–water partition coefficient (Wildman–Crippen LogP) is 13.8. The van der Waals surface area contributed by atoms with Crippen LogP contribution in [0.5, 0.6) is 0 Å². The Morgan fingerprint density at radius 2 is 0.982 bits per heavy atom. The van der Waals surface area contributed by atoms with Crippen molar-refractivity contribution in [2.24, 2.45) is 0 Å². The van der Waals surface area contributed by atoms with E-state index in [1.165, 1.54) is 0 Å². The molecule has 4 nitrogen and oxygen atoms in total. The average molecular weight is 760 g/mol. The summed E-state index contributed by atoms with van der Waals surface area (Å²) in [6.07, 6.45) is 6.29. The molecule has 56 heavy (non-hydrogen) atoms. The Labute approximate surface area is 334 Å². The molecule has 0 saturated carbocycles. The fourth-order valence-electron chi connectivity index (χ4n) is 7.83. The Morgan fingerprint density at radius 3 is 1.61 bits per heavy atom. The van der Waals surface area contributed by atoms with Crippen LogP contribution in [0.3, 0.4) is 0 Å². The second kappa shape index (κ2) is 14.2. The number of benzene rings is 5. The van der Waals surface area contributed by atoms with Crippen LogP contribution in [0.25, 0.3) is 84.9 Å². The van der Waals surface area contributed by atoms with Gasteiger partial charge in [-0.2, -0.15) is 0 Å². The standard InChI is InChI=1S/C50H32Cl2N4/c51-42-22-13-23-43(52)47(42)48-44-31-38-27-26-36(54-38)28-35-24-25-37(53-35)29-39-30-41(32-14-5-1-6-15-32)49(55-39)46(34-18-9-3-10-19-34)50(45(48)33-16-7-2-8-17-33)56(44)40-20-11-4-12-21-40/h1-31,53H. The van der Waals surface area contributed by atoms with Crippen molar-refractivity contribution in [2.45, 2.75) is 0 Å². The molecule has 3 aromatic heterocycles. The number of fused-ring (bicyclic) bond motifs is 8. The maximum Gasteiger partial charge on any atom is 0.0815 e. The number of nitrogens with one attached hydrogen (secondary N) is 1. The van der Waals surface area contributed by atoms with Gasteiger partial charge in [0.15, 0.2) is 0 Å². The lowest BCUT2D eigenvalue weighted by molar-refractivity contribution is 1.17. The maximum absolute atomic E-state index is 7.27. The summed E-state index contributed by atoms with van der Waals surface area (Å²) >= 11 is 14.5. The number of H-pyrrole nitrogens is 1. The Balaban J connectivity index is 1.56. The first-order chi connectivity index (χ1) is 27.6. The van der Waals surface area contributed by atoms with Crippen molar-refractivity contribution in [1.82, 2.24) is 19.5 Å². The second-order valence-electron chi connectivity index (χ2n) is 13.8. The van der Waals surface area contributed by atoms with E-state index in [4.69, 9.17) is 33.2 Å². The van der Waals surface area contributed by atoms with Crippen LogP contribution in [0.1, 0.15) is 28.3 Å². The van der Waals surface area contributed by atoms with Gasteiger partial charge in [0.2, 0.25) is 0 Å². The number of aromatic amines is 1. The zero-order valence-corrected chi connectivity index (χ0v) is 31.5. The Hall–Kier alpha value is -6.72. The van der Waals surface area contributed by atoms with Crippen LogP contribution in [-0.4, -0.2) is 19.5 Å². The summed E-state index contributed by atoms with van der Waals surface area (Å²) < 4.78 is 2.34. The van der Waals surface area contributed by atoms with Crippen LogP contribution in [0.15, 0.2) is 170 Å². The van der Waals surface area contributed by atoms with Gasteiger partial charge in [0.1, 0.15) is 0 Å². The monoisotopic (exact) mass is 758 g/mol. The number of aromatic nitrogens is 4. The molecule has 0 radical (unpaired) electrons. The van der Waals surface area contributed by atoms with Crippen LogP contribution < -0.4 is 0 Å². The smallest absolute Gasteiger partial charge is 0.0815 e. The van der Waals surface area contributed by atoms with E-state index in [9.17, 15) is 0 Å². The first-order valence-corrected chi connectivity index (χ1v) is 19.2. The number of para-hydroxylation sites is 1. The highest BCUT2D eigenvalue weighted by Crippen LogP contribution is 2.51. The van der Waals surface area contributed by atoms with E-state index in [-0.39, 0.29) is 0 Å². The van der Waals surface area contributed by atoms with Crippen LogP contribution in [0.4, 0.5) is 0 Å². The first kappa shape index (κ1) is 33.8. The summed E-state index contributed by atoms with van der Waals surface area (Å²) in [5, 5.41) is 1.10. The Morgan fingerprint density at radius 1 is 0.446 bits per heavy atom. The van der Waals surface area contributed by atoms with Gasteiger partial charge in [-0.05, 0) is 89.5 Å². The van der Waals surface area contributed by atoms with E-state index in [2.05, 4.69) is 155 Å². The van der Waals surface area contributed by atoms with Crippen LogP contribution in [-0.2, 0) is 0 Å². The van der Waals surface area contributed by atoms with Gasteiger partial charge in [-0.1, -0.05) is 138 Å². The van der Waals surface area contributed by atoms with E-state index in [0.29, 0.717) is 10.0 Å². The van der Waals surface area contributed by atoms with Crippen molar-refractivity contribution in [2.75, 3.05) is 0 Å². The highest BCUT2D eigenvalue weighted by molar-refractivity contribution is 6.40. The molecule has 5 aromatic carbocycles. The molecule has 0 aliphatic carbocycles. The third-order valence-corrected chi connectivity index (χ3v) is 10.8. The lowest BCUT2D eigenvalue weighted by Crippen LogP contribution is -1.98. The molecule has 10 rings (SSSR count). The van der Waals surface area contributed by atoms with Gasteiger partial charge >= 0.3 is 0 Å². The zero-order chi connectivity index (χ0) is 37.6. The van der Waals surface area contributed by atoms with E-state index < -0.39 is 0 Å². The lowest BCUT2D eigenvalue weighted by Gasteiger charge is -2.15. The molecule has 0 saturated heterocycles. The highest BCUT2D eigenvalue weighted by atomic mass is 35.5. The summed E-state index contributed by atoms with van der Waals surface area (Å²) in [7, 11) is 0. The molecule has 0 atom stereocenters. The minimum absolute atomic E-state index is 0.549. The van der Waals surface area contributed by atoms with Crippen molar-refractivity contribution in [1.29, 1.82) is 0 Å². The molecule has 5 heterocycles. The summed E-state index contributed by atoms with van der Waals surface area (Å²) in [5.74, 6) is 0. The molecule has 2 aliphatic rings. The molecule has 0 amide bonds. The molecule has 8 bridgehead atoms. The molecular formula is C50H32Cl2N4. The summed E-state index contributed by atoms with van der Waals surface area (Å²) in [6, 6.07) is 58.2. The molecule has 0 fully saturated rings. The molecular weight excluding hydrogens is 727 g/mol. The van der Waals surface area contributed by atoms with Crippen LogP contribution in [0, 0.1) is 0 Å². The maximum atomic E-state index is 7.27. The summed E-state index contributed by atoms with van der Waals surface area (Å²) in [4.78, 5) is 14.2. The molecule has 266 valence electrons. The Bertz CT molecular complexity index is 3000. The number of nitrogens with zero attached hydrogens (tertiary/aromatic N) is 3. The van der Waals surface area contributed by atoms with Gasteiger partial charge in [0.05, 0.1) is 33.8 Å². The van der Waals surface area contributed by atoms with Crippen molar-refractivity contribution < 1.29 is 0 Å². The number of rotatable bonds is 5. The molecule has 0 spiro atoms. The predicted molar refractivity (Wildman–Crippen MR) is 235 cm³/mol. The first-order valence-electron chi connectivity index (χ1n) is 18.5. The SMILES string of the molecule is Clc1cccc(Cl)c1-c1c(-c2ccccc2)c2c(-c3ccccc3)c3nc(cc4ccc(cc5nc(cc1n2-c1ccccc1)C=C5)[nH]4)C=C3c1ccccc1. The topological polar surface area (TPSA) is 46.5 Å². The lowest BCUT2D eigenvalue weighted by atomic mass is 9.91. The third kappa shape index (κ3) is 6.06. The van der Waals surface area contributed by atoms with Gasteiger partial charge in [0.25, 0.3) is 0 Å².